The smallest absolute Gasteiger partial charge is 0.158 e. The normalized spacial score (nSPS) is 11.3. The van der Waals surface area contributed by atoms with Crippen molar-refractivity contribution in [1.82, 2.24) is 0 Å². The van der Waals surface area contributed by atoms with Crippen LogP contribution < -0.4 is 11.1 Å². The minimum absolute atomic E-state index is 0.166. The summed E-state index contributed by atoms with van der Waals surface area (Å²) in [6.07, 6.45) is 0. The molecule has 0 saturated heterocycles. The zero-order valence-corrected chi connectivity index (χ0v) is 9.02. The van der Waals surface area contributed by atoms with Gasteiger partial charge in [-0.05, 0) is 34.7 Å². The van der Waals surface area contributed by atoms with Crippen molar-refractivity contribution < 1.29 is 5.21 Å². The lowest BCUT2D eigenvalue weighted by molar-refractivity contribution is 0.317. The van der Waals surface area contributed by atoms with Crippen LogP contribution in [0.5, 0.6) is 0 Å². The maximum atomic E-state index is 8.30. The van der Waals surface area contributed by atoms with Gasteiger partial charge in [-0.25, -0.2) is 0 Å². The molecule has 0 heterocycles. The average molecular weight is 291 g/mol. The van der Waals surface area contributed by atoms with Gasteiger partial charge in [0, 0.05) is 9.26 Å². The minimum Gasteiger partial charge on any atom is -0.409 e. The lowest BCUT2D eigenvalue weighted by Crippen LogP contribution is -2.22. The molecule has 0 fully saturated rings. The van der Waals surface area contributed by atoms with Crippen LogP contribution in [0.15, 0.2) is 29.4 Å². The van der Waals surface area contributed by atoms with Crippen molar-refractivity contribution in [2.24, 2.45) is 10.9 Å². The topological polar surface area (TPSA) is 70.6 Å². The summed E-state index contributed by atoms with van der Waals surface area (Å²) in [5.41, 5.74) is 6.29. The standard InChI is InChI=1S/C8H10IN3O/c9-6-3-1-2-4-7(6)11-5-8(10)12-13/h1-4,11,13H,5H2,(H2,10,12). The van der Waals surface area contributed by atoms with E-state index in [9.17, 15) is 0 Å². The van der Waals surface area contributed by atoms with Gasteiger partial charge in [-0.3, -0.25) is 0 Å². The first kappa shape index (κ1) is 10.1. The molecule has 0 aliphatic heterocycles. The molecule has 0 aliphatic rings. The first-order valence-corrected chi connectivity index (χ1v) is 4.76. The van der Waals surface area contributed by atoms with Crippen molar-refractivity contribution in [1.29, 1.82) is 0 Å². The number of nitrogens with two attached hydrogens (primary N) is 1. The van der Waals surface area contributed by atoms with E-state index in [4.69, 9.17) is 10.9 Å². The van der Waals surface area contributed by atoms with E-state index in [2.05, 4.69) is 33.1 Å². The number of nitrogens with one attached hydrogen (secondary N) is 1. The minimum atomic E-state index is 0.166. The van der Waals surface area contributed by atoms with Gasteiger partial charge in [0.05, 0.1) is 6.54 Å². The summed E-state index contributed by atoms with van der Waals surface area (Å²) in [7, 11) is 0. The molecular formula is C8H10IN3O. The molecule has 4 N–H and O–H groups in total. The molecule has 0 saturated carbocycles. The van der Waals surface area contributed by atoms with E-state index in [1.807, 2.05) is 24.3 Å². The summed E-state index contributed by atoms with van der Waals surface area (Å²) in [6, 6.07) is 7.80. The highest BCUT2D eigenvalue weighted by molar-refractivity contribution is 14.1. The molecule has 0 atom stereocenters. The van der Waals surface area contributed by atoms with Gasteiger partial charge in [0.1, 0.15) is 0 Å². The molecule has 0 spiro atoms. The maximum Gasteiger partial charge on any atom is 0.158 e. The molecule has 0 radical (unpaired) electrons. The fraction of sp³-hybridized carbons (Fsp3) is 0.125. The van der Waals surface area contributed by atoms with E-state index in [1.54, 1.807) is 0 Å². The first-order valence-electron chi connectivity index (χ1n) is 3.69. The van der Waals surface area contributed by atoms with Crippen LogP contribution in [0, 0.1) is 3.57 Å². The third-order valence-corrected chi connectivity index (χ3v) is 2.40. The third-order valence-electron chi connectivity index (χ3n) is 1.46. The van der Waals surface area contributed by atoms with E-state index < -0.39 is 0 Å². The summed E-state index contributed by atoms with van der Waals surface area (Å²) in [4.78, 5) is 0. The monoisotopic (exact) mass is 291 g/mol. The van der Waals surface area contributed by atoms with E-state index in [-0.39, 0.29) is 5.84 Å². The van der Waals surface area contributed by atoms with Crippen molar-refractivity contribution in [3.63, 3.8) is 0 Å². The van der Waals surface area contributed by atoms with Crippen molar-refractivity contribution in [2.45, 2.75) is 0 Å². The second-order valence-corrected chi connectivity index (χ2v) is 3.59. The number of benzene rings is 1. The number of oxime groups is 1. The third kappa shape index (κ3) is 3.10. The molecule has 0 aromatic heterocycles. The van der Waals surface area contributed by atoms with Crippen molar-refractivity contribution in [3.05, 3.63) is 27.8 Å². The molecule has 0 unspecified atom stereocenters. The largest absolute Gasteiger partial charge is 0.409 e. The Hall–Kier alpha value is -0.980. The number of amidine groups is 1. The number of hydrogen-bond acceptors (Lipinski definition) is 3. The van der Waals surface area contributed by atoms with E-state index >= 15 is 0 Å². The summed E-state index contributed by atoms with van der Waals surface area (Å²) in [6.45, 7) is 0.344. The van der Waals surface area contributed by atoms with Crippen LogP contribution in [-0.4, -0.2) is 17.6 Å². The molecule has 13 heavy (non-hydrogen) atoms. The van der Waals surface area contributed by atoms with Crippen LogP contribution >= 0.6 is 22.6 Å². The zero-order chi connectivity index (χ0) is 9.68. The first-order chi connectivity index (χ1) is 6.24. The van der Waals surface area contributed by atoms with Crippen molar-refractivity contribution in [3.8, 4) is 0 Å². The van der Waals surface area contributed by atoms with Gasteiger partial charge in [0.2, 0.25) is 0 Å². The highest BCUT2D eigenvalue weighted by atomic mass is 127. The van der Waals surface area contributed by atoms with Crippen LogP contribution in [0.3, 0.4) is 0 Å². The number of nitrogens with zero attached hydrogens (tertiary/aromatic N) is 1. The molecule has 0 amide bonds. The second-order valence-electron chi connectivity index (χ2n) is 2.42. The maximum absolute atomic E-state index is 8.30. The molecular weight excluding hydrogens is 281 g/mol. The molecule has 4 nitrogen and oxygen atoms in total. The van der Waals surface area contributed by atoms with Crippen LogP contribution in [0.4, 0.5) is 5.69 Å². The molecule has 1 rings (SSSR count). The van der Waals surface area contributed by atoms with E-state index in [0.717, 1.165) is 9.26 Å². The van der Waals surface area contributed by atoms with Crippen LogP contribution in [0.1, 0.15) is 0 Å². The average Bonchev–Trinajstić information content (AvgIpc) is 2.16. The van der Waals surface area contributed by atoms with E-state index in [1.165, 1.54) is 0 Å². The summed E-state index contributed by atoms with van der Waals surface area (Å²) in [5, 5.41) is 14.2. The Morgan fingerprint density at radius 1 is 1.54 bits per heavy atom. The number of hydrogen-bond donors (Lipinski definition) is 3. The predicted octanol–water partition coefficient (Wildman–Crippen LogP) is 1.45. The summed E-state index contributed by atoms with van der Waals surface area (Å²) in [5.74, 6) is 0.166. The highest BCUT2D eigenvalue weighted by Gasteiger charge is 1.97. The number of rotatable bonds is 3. The molecule has 1 aromatic rings. The molecule has 0 aliphatic carbocycles. The summed E-state index contributed by atoms with van der Waals surface area (Å²) >= 11 is 2.21. The van der Waals surface area contributed by atoms with Crippen molar-refractivity contribution in [2.75, 3.05) is 11.9 Å². The number of para-hydroxylation sites is 1. The molecule has 1 aromatic carbocycles. The van der Waals surface area contributed by atoms with Crippen LogP contribution in [0.25, 0.3) is 0 Å². The Morgan fingerprint density at radius 3 is 2.85 bits per heavy atom. The number of anilines is 1. The Morgan fingerprint density at radius 2 is 2.23 bits per heavy atom. The Balaban J connectivity index is 2.60. The predicted molar refractivity (Wildman–Crippen MR) is 61.1 cm³/mol. The van der Waals surface area contributed by atoms with Gasteiger partial charge in [-0.2, -0.15) is 0 Å². The van der Waals surface area contributed by atoms with Gasteiger partial charge in [0.25, 0.3) is 0 Å². The van der Waals surface area contributed by atoms with Gasteiger partial charge < -0.3 is 16.3 Å². The Bertz CT molecular complexity index is 314. The van der Waals surface area contributed by atoms with Crippen LogP contribution in [0.2, 0.25) is 0 Å². The second kappa shape index (κ2) is 4.90. The summed E-state index contributed by atoms with van der Waals surface area (Å²) < 4.78 is 1.10. The van der Waals surface area contributed by atoms with Gasteiger partial charge in [-0.1, -0.05) is 17.3 Å². The van der Waals surface area contributed by atoms with Gasteiger partial charge in [-0.15, -0.1) is 0 Å². The lowest BCUT2D eigenvalue weighted by Gasteiger charge is -2.06. The highest BCUT2D eigenvalue weighted by Crippen LogP contribution is 2.16. The van der Waals surface area contributed by atoms with Gasteiger partial charge >= 0.3 is 0 Å². The Labute approximate surface area is 90.0 Å². The fourth-order valence-corrected chi connectivity index (χ4v) is 1.40. The van der Waals surface area contributed by atoms with E-state index in [0.29, 0.717) is 6.54 Å². The molecule has 70 valence electrons. The lowest BCUT2D eigenvalue weighted by atomic mass is 10.3. The zero-order valence-electron chi connectivity index (χ0n) is 6.87. The van der Waals surface area contributed by atoms with Crippen LogP contribution in [-0.2, 0) is 0 Å². The fourth-order valence-electron chi connectivity index (χ4n) is 0.826. The quantitative estimate of drug-likeness (QED) is 0.259. The SMILES string of the molecule is NC(CNc1ccccc1I)=NO. The Kier molecular flexibility index (Phi) is 3.81. The van der Waals surface area contributed by atoms with Gasteiger partial charge in [0.15, 0.2) is 5.84 Å². The molecule has 0 bridgehead atoms. The molecule has 5 heteroatoms. The van der Waals surface area contributed by atoms with Crippen molar-refractivity contribution >= 4 is 34.1 Å². The number of halogens is 1.